The van der Waals surface area contributed by atoms with E-state index in [1.165, 1.54) is 7.11 Å². The van der Waals surface area contributed by atoms with E-state index in [0.29, 0.717) is 10.8 Å². The molecule has 1 aromatic rings. The highest BCUT2D eigenvalue weighted by Crippen LogP contribution is 2.28. The fraction of sp³-hybridized carbons (Fsp3) is 0.462. The summed E-state index contributed by atoms with van der Waals surface area (Å²) in [5.74, 6) is 0.380. The summed E-state index contributed by atoms with van der Waals surface area (Å²) < 4.78 is 10.3. The average molecular weight is 257 g/mol. The lowest BCUT2D eigenvalue weighted by molar-refractivity contribution is -0.139. The smallest absolute Gasteiger partial charge is 0.310 e. The summed E-state index contributed by atoms with van der Waals surface area (Å²) >= 11 is 6.04. The molecule has 1 rings (SSSR count). The quantitative estimate of drug-likeness (QED) is 0.777. The monoisotopic (exact) mass is 256 g/mol. The summed E-state index contributed by atoms with van der Waals surface area (Å²) in [5, 5.41) is 0.625. The summed E-state index contributed by atoms with van der Waals surface area (Å²) in [6, 6.07) is 3.60. The predicted octanol–water partition coefficient (Wildman–Crippen LogP) is 3.15. The van der Waals surface area contributed by atoms with Crippen molar-refractivity contribution in [2.24, 2.45) is 0 Å². The van der Waals surface area contributed by atoms with Crippen LogP contribution >= 0.6 is 11.6 Å². The second-order valence-corrected chi connectivity index (χ2v) is 4.54. The van der Waals surface area contributed by atoms with Gasteiger partial charge in [0, 0.05) is 10.6 Å². The van der Waals surface area contributed by atoms with Crippen molar-refractivity contribution < 1.29 is 14.3 Å². The number of benzene rings is 1. The lowest BCUT2D eigenvalue weighted by atomic mass is 10.1. The largest absolute Gasteiger partial charge is 0.491 e. The fourth-order valence-electron chi connectivity index (χ4n) is 1.43. The van der Waals surface area contributed by atoms with Crippen LogP contribution in [0, 0.1) is 6.92 Å². The molecule has 3 nitrogen and oxygen atoms in total. The molecule has 0 saturated heterocycles. The first-order valence-electron chi connectivity index (χ1n) is 5.46. The van der Waals surface area contributed by atoms with E-state index >= 15 is 0 Å². The van der Waals surface area contributed by atoms with Crippen molar-refractivity contribution in [1.82, 2.24) is 0 Å². The van der Waals surface area contributed by atoms with E-state index in [0.717, 1.165) is 11.1 Å². The molecule has 0 aromatic heterocycles. The van der Waals surface area contributed by atoms with Crippen LogP contribution in [0.3, 0.4) is 0 Å². The Kier molecular flexibility index (Phi) is 4.82. The predicted molar refractivity (Wildman–Crippen MR) is 67.7 cm³/mol. The number of methoxy groups -OCH3 is 1. The van der Waals surface area contributed by atoms with Crippen molar-refractivity contribution in [1.29, 1.82) is 0 Å². The van der Waals surface area contributed by atoms with Gasteiger partial charge in [-0.15, -0.1) is 0 Å². The van der Waals surface area contributed by atoms with E-state index in [1.54, 1.807) is 6.07 Å². The van der Waals surface area contributed by atoms with Crippen LogP contribution < -0.4 is 4.74 Å². The molecule has 0 radical (unpaired) electrons. The highest BCUT2D eigenvalue weighted by Gasteiger charge is 2.13. The number of hydrogen-bond acceptors (Lipinski definition) is 3. The van der Waals surface area contributed by atoms with Crippen molar-refractivity contribution in [3.63, 3.8) is 0 Å². The molecule has 0 aliphatic heterocycles. The van der Waals surface area contributed by atoms with Crippen LogP contribution in [-0.2, 0) is 16.0 Å². The highest BCUT2D eigenvalue weighted by atomic mass is 35.5. The van der Waals surface area contributed by atoms with Gasteiger partial charge < -0.3 is 9.47 Å². The maximum Gasteiger partial charge on any atom is 0.310 e. The van der Waals surface area contributed by atoms with Gasteiger partial charge in [0.15, 0.2) is 0 Å². The number of rotatable bonds is 4. The summed E-state index contributed by atoms with van der Waals surface area (Å²) in [4.78, 5) is 11.3. The number of carbonyl (C=O) groups is 1. The molecule has 17 heavy (non-hydrogen) atoms. The molecule has 0 saturated carbocycles. The van der Waals surface area contributed by atoms with E-state index in [9.17, 15) is 4.79 Å². The van der Waals surface area contributed by atoms with Gasteiger partial charge in [0.1, 0.15) is 5.75 Å². The standard InChI is InChI=1S/C13H17ClO3/c1-8(2)17-12-5-9(3)11(14)6-10(12)7-13(15)16-4/h5-6,8H,7H2,1-4H3. The lowest BCUT2D eigenvalue weighted by Gasteiger charge is -2.15. The second kappa shape index (κ2) is 5.92. The zero-order valence-corrected chi connectivity index (χ0v) is 11.3. The Bertz CT molecular complexity index is 413. The van der Waals surface area contributed by atoms with Gasteiger partial charge in [0.2, 0.25) is 0 Å². The van der Waals surface area contributed by atoms with Gasteiger partial charge in [0.25, 0.3) is 0 Å². The zero-order valence-electron chi connectivity index (χ0n) is 10.5. The maximum atomic E-state index is 11.3. The number of hydrogen-bond donors (Lipinski definition) is 0. The third-order valence-corrected chi connectivity index (χ3v) is 2.67. The minimum Gasteiger partial charge on any atom is -0.491 e. The molecule has 0 amide bonds. The van der Waals surface area contributed by atoms with Crippen LogP contribution in [0.2, 0.25) is 5.02 Å². The minimum atomic E-state index is -0.307. The van der Waals surface area contributed by atoms with Crippen molar-refractivity contribution >= 4 is 17.6 Å². The molecule has 0 aliphatic rings. The SMILES string of the molecule is COC(=O)Cc1cc(Cl)c(C)cc1OC(C)C. The summed E-state index contributed by atoms with van der Waals surface area (Å²) in [7, 11) is 1.36. The molecule has 1 aromatic carbocycles. The number of halogens is 1. The Morgan fingerprint density at radius 3 is 2.59 bits per heavy atom. The minimum absolute atomic E-state index is 0.0481. The van der Waals surface area contributed by atoms with Crippen molar-refractivity contribution in [3.8, 4) is 5.75 Å². The van der Waals surface area contributed by atoms with Gasteiger partial charge in [-0.1, -0.05) is 11.6 Å². The summed E-state index contributed by atoms with van der Waals surface area (Å²) in [6.07, 6.45) is 0.213. The van der Waals surface area contributed by atoms with Crippen LogP contribution in [0.15, 0.2) is 12.1 Å². The highest BCUT2D eigenvalue weighted by molar-refractivity contribution is 6.31. The van der Waals surface area contributed by atoms with E-state index < -0.39 is 0 Å². The van der Waals surface area contributed by atoms with Crippen LogP contribution in [0.25, 0.3) is 0 Å². The molecule has 0 bridgehead atoms. The van der Waals surface area contributed by atoms with Gasteiger partial charge in [-0.25, -0.2) is 0 Å². The second-order valence-electron chi connectivity index (χ2n) is 4.13. The normalized spacial score (nSPS) is 10.5. The zero-order chi connectivity index (χ0) is 13.0. The molecule has 94 valence electrons. The number of ether oxygens (including phenoxy) is 2. The number of aryl methyl sites for hydroxylation is 1. The Morgan fingerprint density at radius 1 is 1.41 bits per heavy atom. The Balaban J connectivity index is 3.06. The first-order valence-corrected chi connectivity index (χ1v) is 5.84. The average Bonchev–Trinajstić information content (AvgIpc) is 2.24. The first kappa shape index (κ1) is 13.8. The Hall–Kier alpha value is -1.22. The number of esters is 1. The fourth-order valence-corrected chi connectivity index (χ4v) is 1.61. The molecule has 4 heteroatoms. The lowest BCUT2D eigenvalue weighted by Crippen LogP contribution is -2.11. The number of carbonyl (C=O) groups excluding carboxylic acids is 1. The molecule has 0 spiro atoms. The molecule has 0 atom stereocenters. The maximum absolute atomic E-state index is 11.3. The van der Waals surface area contributed by atoms with E-state index in [2.05, 4.69) is 4.74 Å². The van der Waals surface area contributed by atoms with Gasteiger partial charge in [-0.3, -0.25) is 4.79 Å². The van der Waals surface area contributed by atoms with Gasteiger partial charge in [-0.2, -0.15) is 0 Å². The van der Waals surface area contributed by atoms with E-state index in [-0.39, 0.29) is 18.5 Å². The summed E-state index contributed by atoms with van der Waals surface area (Å²) in [5.41, 5.74) is 1.68. The van der Waals surface area contributed by atoms with Crippen LogP contribution in [-0.4, -0.2) is 19.2 Å². The third-order valence-electron chi connectivity index (χ3n) is 2.27. The van der Waals surface area contributed by atoms with E-state index in [1.807, 2.05) is 26.8 Å². The third kappa shape index (κ3) is 3.93. The van der Waals surface area contributed by atoms with E-state index in [4.69, 9.17) is 16.3 Å². The van der Waals surface area contributed by atoms with Crippen LogP contribution in [0.4, 0.5) is 0 Å². The van der Waals surface area contributed by atoms with Crippen LogP contribution in [0.5, 0.6) is 5.75 Å². The molecule has 0 heterocycles. The topological polar surface area (TPSA) is 35.5 Å². The molecular weight excluding hydrogens is 240 g/mol. The first-order chi connectivity index (χ1) is 7.93. The Morgan fingerprint density at radius 2 is 2.06 bits per heavy atom. The molecule has 0 fully saturated rings. The van der Waals surface area contributed by atoms with Crippen molar-refractivity contribution in [3.05, 3.63) is 28.3 Å². The molecule has 0 unspecified atom stereocenters. The molecule has 0 aliphatic carbocycles. The summed E-state index contributed by atoms with van der Waals surface area (Å²) in [6.45, 7) is 5.77. The van der Waals surface area contributed by atoms with Crippen LogP contribution in [0.1, 0.15) is 25.0 Å². The molecule has 0 N–H and O–H groups in total. The van der Waals surface area contributed by atoms with Gasteiger partial charge >= 0.3 is 5.97 Å². The Labute approximate surface area is 107 Å². The van der Waals surface area contributed by atoms with Gasteiger partial charge in [0.05, 0.1) is 19.6 Å². The van der Waals surface area contributed by atoms with Gasteiger partial charge in [-0.05, 0) is 38.5 Å². The van der Waals surface area contributed by atoms with Crippen molar-refractivity contribution in [2.75, 3.05) is 7.11 Å². The van der Waals surface area contributed by atoms with Crippen molar-refractivity contribution in [2.45, 2.75) is 33.3 Å². The molecular formula is C13H17ClO3.